The molecule has 4 rings (SSSR count). The van der Waals surface area contributed by atoms with Gasteiger partial charge in [0.15, 0.2) is 8.46 Å². The van der Waals surface area contributed by atoms with Gasteiger partial charge in [-0.3, -0.25) is 19.1 Å². The van der Waals surface area contributed by atoms with Crippen molar-refractivity contribution in [1.82, 2.24) is 15.6 Å². The van der Waals surface area contributed by atoms with Gasteiger partial charge >= 0.3 is 0 Å². The Balaban J connectivity index is 1.50. The molecule has 38 heavy (non-hydrogen) atoms. The third kappa shape index (κ3) is 7.06. The number of nitrogens with one attached hydrogen (secondary N) is 2. The topological polar surface area (TPSA) is 108 Å². The second kappa shape index (κ2) is 13.4. The zero-order valence-corrected chi connectivity index (χ0v) is 23.3. The number of rotatable bonds is 11. The molecule has 2 aliphatic carbocycles. The van der Waals surface area contributed by atoms with Crippen molar-refractivity contribution in [2.24, 2.45) is 17.8 Å². The summed E-state index contributed by atoms with van der Waals surface area (Å²) in [5, 5.41) is 16.9. The van der Waals surface area contributed by atoms with Gasteiger partial charge in [0, 0.05) is 24.6 Å². The van der Waals surface area contributed by atoms with Crippen molar-refractivity contribution in [1.29, 1.82) is 0 Å². The average Bonchev–Trinajstić information content (AvgIpc) is 3.24. The van der Waals surface area contributed by atoms with Gasteiger partial charge in [-0.15, -0.1) is 0 Å². The molecular formula is C30H40N3O4P. The van der Waals surface area contributed by atoms with E-state index in [0.29, 0.717) is 24.5 Å². The molecule has 5 atom stereocenters. The van der Waals surface area contributed by atoms with Gasteiger partial charge in [-0.2, -0.15) is 0 Å². The van der Waals surface area contributed by atoms with Gasteiger partial charge in [-0.25, -0.2) is 0 Å². The maximum Gasteiger partial charge on any atom is 0.270 e. The van der Waals surface area contributed by atoms with Gasteiger partial charge in [0.2, 0.25) is 5.91 Å². The fourth-order valence-corrected chi connectivity index (χ4v) is 6.72. The Bertz CT molecular complexity index is 1090. The number of nitrogens with zero attached hydrogens (tertiary/aromatic N) is 1. The molecule has 0 unspecified atom stereocenters. The first-order chi connectivity index (χ1) is 18.4. The molecule has 1 saturated carbocycles. The summed E-state index contributed by atoms with van der Waals surface area (Å²) in [6.07, 6.45) is 8.32. The van der Waals surface area contributed by atoms with Crippen LogP contribution in [-0.2, 0) is 15.8 Å². The second-order valence-corrected chi connectivity index (χ2v) is 12.1. The summed E-state index contributed by atoms with van der Waals surface area (Å²) in [4.78, 5) is 30.8. The number of aliphatic hydroxyl groups excluding tert-OH is 1. The molecular weight excluding hydrogens is 497 g/mol. The van der Waals surface area contributed by atoms with E-state index in [1.54, 1.807) is 24.4 Å². The van der Waals surface area contributed by atoms with E-state index in [1.807, 2.05) is 38.1 Å². The lowest BCUT2D eigenvalue weighted by molar-refractivity contribution is -0.128. The molecule has 0 spiro atoms. The van der Waals surface area contributed by atoms with Crippen molar-refractivity contribution in [3.8, 4) is 0 Å². The van der Waals surface area contributed by atoms with E-state index in [-0.39, 0.29) is 32.2 Å². The number of aromatic nitrogens is 1. The number of fused-ring (bicyclic) bond motifs is 1. The number of hydrogen-bond acceptors (Lipinski definition) is 5. The lowest BCUT2D eigenvalue weighted by Crippen LogP contribution is -2.46. The van der Waals surface area contributed by atoms with Crippen LogP contribution in [0.1, 0.15) is 86.5 Å². The summed E-state index contributed by atoms with van der Waals surface area (Å²) in [5.74, 6) is -0.395. The first kappa shape index (κ1) is 28.4. The first-order valence-electron chi connectivity index (χ1n) is 14.0. The van der Waals surface area contributed by atoms with Gasteiger partial charge < -0.3 is 15.7 Å². The van der Waals surface area contributed by atoms with Crippen LogP contribution in [0.15, 0.2) is 48.7 Å². The molecule has 0 aliphatic heterocycles. The molecule has 2 aliphatic rings. The number of carbonyl (C=O) groups is 2. The van der Waals surface area contributed by atoms with Crippen LogP contribution in [0, 0.1) is 17.8 Å². The van der Waals surface area contributed by atoms with Crippen LogP contribution in [0.5, 0.6) is 0 Å². The van der Waals surface area contributed by atoms with E-state index in [9.17, 15) is 19.3 Å². The average molecular weight is 538 g/mol. The SMILES string of the molecule is CC(C)[C@H](C[C@H](P=O)[C@H](CC1CCCCC1)NC(=O)c1ccccn1)C(=O)N[C@H]1c2ccccc2C[C@H]1O. The number of hydrogen-bond donors (Lipinski definition) is 3. The van der Waals surface area contributed by atoms with Crippen molar-refractivity contribution in [3.05, 3.63) is 65.5 Å². The van der Waals surface area contributed by atoms with Crippen LogP contribution in [0.25, 0.3) is 0 Å². The Hall–Kier alpha value is -2.63. The number of amides is 2. The van der Waals surface area contributed by atoms with E-state index in [4.69, 9.17) is 0 Å². The van der Waals surface area contributed by atoms with Crippen LogP contribution in [-0.4, -0.2) is 39.7 Å². The third-order valence-electron chi connectivity index (χ3n) is 8.26. The van der Waals surface area contributed by atoms with Gasteiger partial charge in [0.25, 0.3) is 5.91 Å². The van der Waals surface area contributed by atoms with E-state index in [1.165, 1.54) is 19.3 Å². The molecule has 2 amide bonds. The highest BCUT2D eigenvalue weighted by Crippen LogP contribution is 2.35. The Morgan fingerprint density at radius 1 is 1.08 bits per heavy atom. The standard InChI is InChI=1S/C30H40N3O4P/c1-19(2)23(29(35)33-28-22-13-7-6-12-21(22)17-26(28)34)18-27(38-37)25(16-20-10-4-3-5-11-20)32-30(36)24-14-8-9-15-31-24/h6-9,12-15,19-20,23,25-28,34H,3-5,10-11,16-18H2,1-2H3,(H,32,36)(H,33,35)/t23-,25-,26+,27-,28-/m0/s1. The molecule has 3 N–H and O–H groups in total. The molecule has 0 saturated heterocycles. The largest absolute Gasteiger partial charge is 0.390 e. The third-order valence-corrected chi connectivity index (χ3v) is 9.11. The number of pyridine rings is 1. The molecule has 7 nitrogen and oxygen atoms in total. The summed E-state index contributed by atoms with van der Waals surface area (Å²) >= 11 is 0. The minimum Gasteiger partial charge on any atom is -0.390 e. The Morgan fingerprint density at radius 3 is 2.50 bits per heavy atom. The van der Waals surface area contributed by atoms with Gasteiger partial charge in [-0.1, -0.05) is 76.3 Å². The quantitative estimate of drug-likeness (QED) is 0.340. The molecule has 8 heteroatoms. The minimum atomic E-state index is -0.672. The maximum absolute atomic E-state index is 13.6. The fourth-order valence-electron chi connectivity index (χ4n) is 6.06. The highest BCUT2D eigenvalue weighted by Gasteiger charge is 2.37. The molecule has 1 aromatic carbocycles. The predicted octanol–water partition coefficient (Wildman–Crippen LogP) is 5.25. The van der Waals surface area contributed by atoms with Crippen molar-refractivity contribution >= 4 is 20.3 Å². The molecule has 2 aromatic rings. The number of aliphatic hydroxyl groups is 1. The van der Waals surface area contributed by atoms with Crippen molar-refractivity contribution < 1.29 is 19.3 Å². The highest BCUT2D eigenvalue weighted by atomic mass is 31.1. The zero-order chi connectivity index (χ0) is 27.1. The molecule has 1 aromatic heterocycles. The van der Waals surface area contributed by atoms with Crippen LogP contribution in [0.3, 0.4) is 0 Å². The van der Waals surface area contributed by atoms with E-state index in [0.717, 1.165) is 30.4 Å². The van der Waals surface area contributed by atoms with Crippen molar-refractivity contribution in [2.45, 2.75) is 89.1 Å². The Kier molecular flexibility index (Phi) is 10.0. The monoisotopic (exact) mass is 537 g/mol. The summed E-state index contributed by atoms with van der Waals surface area (Å²) in [6.45, 7) is 3.98. The molecule has 204 valence electrons. The Labute approximate surface area is 227 Å². The van der Waals surface area contributed by atoms with Crippen molar-refractivity contribution in [2.75, 3.05) is 0 Å². The summed E-state index contributed by atoms with van der Waals surface area (Å²) < 4.78 is 12.6. The van der Waals surface area contributed by atoms with Gasteiger partial charge in [0.1, 0.15) is 5.69 Å². The number of carbonyl (C=O) groups excluding carboxylic acids is 2. The van der Waals surface area contributed by atoms with E-state index >= 15 is 0 Å². The molecule has 0 bridgehead atoms. The van der Waals surface area contributed by atoms with E-state index in [2.05, 4.69) is 15.6 Å². The highest BCUT2D eigenvalue weighted by molar-refractivity contribution is 7.24. The lowest BCUT2D eigenvalue weighted by Gasteiger charge is -2.32. The minimum absolute atomic E-state index is 0.00476. The molecule has 0 radical (unpaired) electrons. The summed E-state index contributed by atoms with van der Waals surface area (Å²) in [7, 11) is -0.0851. The lowest BCUT2D eigenvalue weighted by atomic mass is 9.81. The summed E-state index contributed by atoms with van der Waals surface area (Å²) in [6, 6.07) is 12.2. The van der Waals surface area contributed by atoms with Crippen LogP contribution in [0.2, 0.25) is 0 Å². The van der Waals surface area contributed by atoms with Crippen LogP contribution in [0.4, 0.5) is 0 Å². The fraction of sp³-hybridized carbons (Fsp3) is 0.567. The zero-order valence-electron chi connectivity index (χ0n) is 22.4. The predicted molar refractivity (Wildman–Crippen MR) is 148 cm³/mol. The summed E-state index contributed by atoms with van der Waals surface area (Å²) in [5.41, 5.74) is 1.91. The van der Waals surface area contributed by atoms with Gasteiger partial charge in [0.05, 0.1) is 17.8 Å². The van der Waals surface area contributed by atoms with E-state index < -0.39 is 23.7 Å². The number of benzene rings is 1. The molecule has 1 fully saturated rings. The first-order valence-corrected chi connectivity index (χ1v) is 14.9. The van der Waals surface area contributed by atoms with Crippen LogP contribution >= 0.6 is 8.46 Å². The van der Waals surface area contributed by atoms with Gasteiger partial charge in [-0.05, 0) is 47.9 Å². The molecule has 1 heterocycles. The smallest absolute Gasteiger partial charge is 0.270 e. The normalized spacial score (nSPS) is 22.0. The van der Waals surface area contributed by atoms with Crippen LogP contribution < -0.4 is 10.6 Å². The second-order valence-electron chi connectivity index (χ2n) is 11.3. The maximum atomic E-state index is 13.6. The van der Waals surface area contributed by atoms with Crippen molar-refractivity contribution in [3.63, 3.8) is 0 Å². The Morgan fingerprint density at radius 2 is 1.82 bits per heavy atom.